The lowest BCUT2D eigenvalue weighted by Gasteiger charge is -2.31. The highest BCUT2D eigenvalue weighted by Crippen LogP contribution is 2.31. The van der Waals surface area contributed by atoms with Crippen molar-refractivity contribution in [2.45, 2.75) is 50.6 Å². The van der Waals surface area contributed by atoms with E-state index in [1.807, 2.05) is 12.3 Å². The third-order valence-electron chi connectivity index (χ3n) is 6.35. The van der Waals surface area contributed by atoms with Crippen molar-refractivity contribution in [3.8, 4) is 11.1 Å². The molecule has 0 bridgehead atoms. The molecule has 1 saturated carbocycles. The number of fused-ring (bicyclic) bond motifs is 1. The van der Waals surface area contributed by atoms with Gasteiger partial charge in [-0.3, -0.25) is 24.7 Å². The molecule has 2 aliphatic rings. The Hall–Kier alpha value is -3.53. The van der Waals surface area contributed by atoms with Gasteiger partial charge in [0.05, 0.1) is 5.92 Å². The summed E-state index contributed by atoms with van der Waals surface area (Å²) in [4.78, 5) is 51.8. The Morgan fingerprint density at radius 1 is 1.00 bits per heavy atom. The average molecular weight is 482 g/mol. The average Bonchev–Trinajstić information content (AvgIpc) is 3.24. The predicted molar refractivity (Wildman–Crippen MR) is 126 cm³/mol. The van der Waals surface area contributed by atoms with Crippen LogP contribution in [-0.4, -0.2) is 49.7 Å². The summed E-state index contributed by atoms with van der Waals surface area (Å²) >= 11 is 6.31. The van der Waals surface area contributed by atoms with E-state index in [0.29, 0.717) is 16.6 Å². The van der Waals surface area contributed by atoms with Crippen molar-refractivity contribution in [1.29, 1.82) is 0 Å². The highest BCUT2D eigenvalue weighted by molar-refractivity contribution is 6.29. The van der Waals surface area contributed by atoms with Crippen molar-refractivity contribution in [2.24, 2.45) is 5.92 Å². The minimum absolute atomic E-state index is 0.0262. The van der Waals surface area contributed by atoms with Gasteiger partial charge in [-0.1, -0.05) is 11.6 Å². The number of nitrogens with zero attached hydrogens (tertiary/aromatic N) is 3. The van der Waals surface area contributed by atoms with E-state index in [9.17, 15) is 14.4 Å². The molecule has 10 nitrogen and oxygen atoms in total. The minimum atomic E-state index is -0.583. The topological polar surface area (TPSA) is 142 Å². The van der Waals surface area contributed by atoms with Gasteiger partial charge >= 0.3 is 0 Å². The summed E-state index contributed by atoms with van der Waals surface area (Å²) in [6.07, 6.45) is 8.53. The number of nitrogens with one attached hydrogen (secondary N) is 4. The van der Waals surface area contributed by atoms with Gasteiger partial charge in [-0.25, -0.2) is 9.97 Å². The molecule has 2 fully saturated rings. The quantitative estimate of drug-likeness (QED) is 0.324. The monoisotopic (exact) mass is 481 g/mol. The Bertz CT molecular complexity index is 1240. The van der Waals surface area contributed by atoms with Crippen LogP contribution in [-0.2, 0) is 14.4 Å². The zero-order valence-corrected chi connectivity index (χ0v) is 19.1. The number of carbonyl (C=O) groups is 3. The van der Waals surface area contributed by atoms with Gasteiger partial charge in [-0.2, -0.15) is 0 Å². The van der Waals surface area contributed by atoms with E-state index >= 15 is 0 Å². The number of amides is 3. The molecule has 11 heteroatoms. The zero-order chi connectivity index (χ0) is 23.7. The largest absolute Gasteiger partial charge is 0.367 e. The van der Waals surface area contributed by atoms with Gasteiger partial charge in [-0.15, -0.1) is 0 Å². The van der Waals surface area contributed by atoms with Gasteiger partial charge < -0.3 is 15.6 Å². The Morgan fingerprint density at radius 3 is 2.47 bits per heavy atom. The van der Waals surface area contributed by atoms with E-state index in [1.54, 1.807) is 18.5 Å². The molecule has 34 heavy (non-hydrogen) atoms. The van der Waals surface area contributed by atoms with Crippen LogP contribution in [0.2, 0.25) is 5.15 Å². The summed E-state index contributed by atoms with van der Waals surface area (Å²) in [5.74, 6) is -0.905. The lowest BCUT2D eigenvalue weighted by Crippen LogP contribution is -2.47. The number of aromatic amines is 1. The van der Waals surface area contributed by atoms with E-state index in [4.69, 9.17) is 11.6 Å². The molecular formula is C23H24ClN7O3. The van der Waals surface area contributed by atoms with Crippen molar-refractivity contribution in [3.63, 3.8) is 0 Å². The number of H-pyrrole nitrogens is 1. The Kier molecular flexibility index (Phi) is 6.14. The molecule has 0 aromatic carbocycles. The first kappa shape index (κ1) is 22.3. The number of hydrogen-bond acceptors (Lipinski definition) is 7. The first-order chi connectivity index (χ1) is 16.4. The van der Waals surface area contributed by atoms with Crippen LogP contribution >= 0.6 is 11.6 Å². The van der Waals surface area contributed by atoms with E-state index in [-0.39, 0.29) is 30.8 Å². The van der Waals surface area contributed by atoms with E-state index in [1.165, 1.54) is 0 Å². The fourth-order valence-electron chi connectivity index (χ4n) is 4.67. The standard InChI is InChI=1S/C23H24ClN7O3/c24-17-7-12(16-11-27-22-21(16)25-5-6-26-22)8-18(30-17)28-14-1-3-15(4-2-14)29-23(34)13-9-19(32)31-20(33)10-13/h5-8,11,13-15H,1-4,9-10H2,(H,26,27)(H,28,30)(H,29,34)(H,31,32,33). The molecule has 1 aliphatic carbocycles. The Morgan fingerprint density at radius 2 is 1.71 bits per heavy atom. The molecule has 1 aliphatic heterocycles. The van der Waals surface area contributed by atoms with Crippen LogP contribution in [0.1, 0.15) is 38.5 Å². The molecule has 176 valence electrons. The van der Waals surface area contributed by atoms with E-state index in [2.05, 4.69) is 35.9 Å². The SMILES string of the molecule is O=C1CC(C(=O)NC2CCC(Nc3cc(-c4c[nH]c5nccnc45)cc(Cl)n3)CC2)CC(=O)N1. The first-order valence-corrected chi connectivity index (χ1v) is 11.7. The fraction of sp³-hybridized carbons (Fsp3) is 0.391. The number of imide groups is 1. The van der Waals surface area contributed by atoms with Gasteiger partial charge in [0.25, 0.3) is 0 Å². The molecule has 3 aromatic heterocycles. The molecular weight excluding hydrogens is 458 g/mol. The molecule has 0 atom stereocenters. The van der Waals surface area contributed by atoms with Crippen LogP contribution in [0.15, 0.2) is 30.7 Å². The van der Waals surface area contributed by atoms with Crippen molar-refractivity contribution in [3.05, 3.63) is 35.9 Å². The first-order valence-electron chi connectivity index (χ1n) is 11.3. The van der Waals surface area contributed by atoms with Crippen LogP contribution in [0.25, 0.3) is 22.3 Å². The third kappa shape index (κ3) is 4.86. The van der Waals surface area contributed by atoms with Gasteiger partial charge in [0.2, 0.25) is 17.7 Å². The molecule has 3 aromatic rings. The van der Waals surface area contributed by atoms with Gasteiger partial charge in [-0.05, 0) is 43.4 Å². The fourth-order valence-corrected chi connectivity index (χ4v) is 4.88. The van der Waals surface area contributed by atoms with Crippen LogP contribution in [0.5, 0.6) is 0 Å². The summed E-state index contributed by atoms with van der Waals surface area (Å²) in [5.41, 5.74) is 3.26. The second-order valence-electron chi connectivity index (χ2n) is 8.80. The summed E-state index contributed by atoms with van der Waals surface area (Å²) in [7, 11) is 0. The number of halogens is 1. The molecule has 1 saturated heterocycles. The van der Waals surface area contributed by atoms with Gasteiger partial charge in [0.1, 0.15) is 16.5 Å². The van der Waals surface area contributed by atoms with Gasteiger partial charge in [0, 0.05) is 49.1 Å². The summed E-state index contributed by atoms with van der Waals surface area (Å²) < 4.78 is 0. The molecule has 4 N–H and O–H groups in total. The number of pyridine rings is 1. The van der Waals surface area contributed by atoms with Crippen molar-refractivity contribution in [2.75, 3.05) is 5.32 Å². The van der Waals surface area contributed by atoms with Crippen LogP contribution in [0, 0.1) is 5.92 Å². The number of piperidine rings is 1. The summed E-state index contributed by atoms with van der Waals surface area (Å²) in [6.45, 7) is 0. The maximum atomic E-state index is 12.5. The summed E-state index contributed by atoms with van der Waals surface area (Å²) in [5, 5.41) is 9.10. The number of anilines is 1. The van der Waals surface area contributed by atoms with E-state index < -0.39 is 17.7 Å². The van der Waals surface area contributed by atoms with Crippen LogP contribution in [0.4, 0.5) is 5.82 Å². The maximum Gasteiger partial charge on any atom is 0.227 e. The Labute approximate surface area is 200 Å². The Balaban J connectivity index is 1.19. The second-order valence-corrected chi connectivity index (χ2v) is 9.18. The maximum absolute atomic E-state index is 12.5. The smallest absolute Gasteiger partial charge is 0.227 e. The zero-order valence-electron chi connectivity index (χ0n) is 18.3. The minimum Gasteiger partial charge on any atom is -0.367 e. The number of aromatic nitrogens is 4. The van der Waals surface area contributed by atoms with Crippen molar-refractivity contribution < 1.29 is 14.4 Å². The van der Waals surface area contributed by atoms with Crippen molar-refractivity contribution in [1.82, 2.24) is 30.6 Å². The highest BCUT2D eigenvalue weighted by Gasteiger charge is 2.32. The lowest BCUT2D eigenvalue weighted by molar-refractivity contribution is -0.140. The van der Waals surface area contributed by atoms with Crippen molar-refractivity contribution >= 4 is 46.3 Å². The normalized spacial score (nSPS) is 21.3. The predicted octanol–water partition coefficient (Wildman–Crippen LogP) is 2.57. The second kappa shape index (κ2) is 9.38. The molecule has 3 amide bonds. The lowest BCUT2D eigenvalue weighted by atomic mass is 9.89. The molecule has 0 spiro atoms. The molecule has 4 heterocycles. The number of carbonyl (C=O) groups excluding carboxylic acids is 3. The molecule has 0 radical (unpaired) electrons. The van der Waals surface area contributed by atoms with Crippen LogP contribution in [0.3, 0.4) is 0 Å². The highest BCUT2D eigenvalue weighted by atomic mass is 35.5. The van der Waals surface area contributed by atoms with E-state index in [0.717, 1.165) is 42.3 Å². The summed E-state index contributed by atoms with van der Waals surface area (Å²) in [6, 6.07) is 3.96. The number of hydrogen-bond donors (Lipinski definition) is 4. The van der Waals surface area contributed by atoms with Crippen LogP contribution < -0.4 is 16.0 Å². The molecule has 0 unspecified atom stereocenters. The third-order valence-corrected chi connectivity index (χ3v) is 6.54. The number of rotatable bonds is 5. The molecule has 5 rings (SSSR count). The van der Waals surface area contributed by atoms with Gasteiger partial charge in [0.15, 0.2) is 5.65 Å².